The molecule has 0 aliphatic carbocycles. The molecule has 1 heterocycles. The van der Waals surface area contributed by atoms with Crippen molar-refractivity contribution in [1.82, 2.24) is 5.32 Å². The van der Waals surface area contributed by atoms with Crippen LogP contribution in [-0.4, -0.2) is 23.5 Å². The highest BCUT2D eigenvalue weighted by atomic mass is 16.4. The van der Waals surface area contributed by atoms with Crippen LogP contribution >= 0.6 is 0 Å². The molecule has 64 valence electrons. The third-order valence-corrected chi connectivity index (χ3v) is 1.18. The van der Waals surface area contributed by atoms with E-state index in [4.69, 9.17) is 5.11 Å². The second kappa shape index (κ2) is 3.56. The SMILES string of the molecule is O=C(O)CNC(=O)c1ccoc1. The fourth-order valence-electron chi connectivity index (χ4n) is 0.652. The third kappa shape index (κ3) is 2.12. The molecule has 2 N–H and O–H groups in total. The molecular weight excluding hydrogens is 162 g/mol. The van der Waals surface area contributed by atoms with Gasteiger partial charge in [0, 0.05) is 0 Å². The molecule has 5 heteroatoms. The maximum atomic E-state index is 11.0. The lowest BCUT2D eigenvalue weighted by Gasteiger charge is -1.97. The predicted octanol–water partition coefficient (Wildman–Crippen LogP) is 0.0940. The van der Waals surface area contributed by atoms with Crippen LogP contribution in [0.4, 0.5) is 0 Å². The van der Waals surface area contributed by atoms with Crippen molar-refractivity contribution in [2.45, 2.75) is 0 Å². The van der Waals surface area contributed by atoms with Gasteiger partial charge in [0.1, 0.15) is 12.8 Å². The van der Waals surface area contributed by atoms with Gasteiger partial charge in [0.2, 0.25) is 0 Å². The van der Waals surface area contributed by atoms with E-state index in [9.17, 15) is 9.59 Å². The van der Waals surface area contributed by atoms with Crippen molar-refractivity contribution < 1.29 is 19.1 Å². The summed E-state index contributed by atoms with van der Waals surface area (Å²) < 4.78 is 4.63. The van der Waals surface area contributed by atoms with Crippen molar-refractivity contribution in [3.63, 3.8) is 0 Å². The van der Waals surface area contributed by atoms with Gasteiger partial charge >= 0.3 is 5.97 Å². The van der Waals surface area contributed by atoms with Crippen LogP contribution in [0.3, 0.4) is 0 Å². The molecule has 1 aromatic heterocycles. The fourth-order valence-corrected chi connectivity index (χ4v) is 0.652. The number of carboxylic acids is 1. The molecule has 0 bridgehead atoms. The van der Waals surface area contributed by atoms with Crippen molar-refractivity contribution in [1.29, 1.82) is 0 Å². The zero-order valence-electron chi connectivity index (χ0n) is 6.11. The minimum atomic E-state index is -1.08. The zero-order chi connectivity index (χ0) is 8.97. The second-order valence-corrected chi connectivity index (χ2v) is 2.09. The number of aliphatic carboxylic acids is 1. The highest BCUT2D eigenvalue weighted by Crippen LogP contribution is 1.98. The molecule has 0 aliphatic rings. The number of nitrogens with one attached hydrogen (secondary N) is 1. The smallest absolute Gasteiger partial charge is 0.322 e. The van der Waals surface area contributed by atoms with Crippen LogP contribution in [0.5, 0.6) is 0 Å². The predicted molar refractivity (Wildman–Crippen MR) is 38.7 cm³/mol. The van der Waals surface area contributed by atoms with E-state index in [1.165, 1.54) is 18.6 Å². The van der Waals surface area contributed by atoms with E-state index >= 15 is 0 Å². The standard InChI is InChI=1S/C7H7NO4/c9-6(10)3-8-7(11)5-1-2-12-4-5/h1-2,4H,3H2,(H,8,11)(H,9,10). The minimum absolute atomic E-state index is 0.316. The molecule has 0 unspecified atom stereocenters. The molecular formula is C7H7NO4. The summed E-state index contributed by atoms with van der Waals surface area (Å²) in [4.78, 5) is 21.0. The summed E-state index contributed by atoms with van der Waals surface area (Å²) in [5.74, 6) is -1.53. The molecule has 1 amide bonds. The molecule has 0 radical (unpaired) electrons. The highest BCUT2D eigenvalue weighted by molar-refractivity contribution is 5.95. The normalized spacial score (nSPS) is 9.33. The van der Waals surface area contributed by atoms with E-state index in [1.807, 2.05) is 0 Å². The molecule has 0 saturated heterocycles. The lowest BCUT2D eigenvalue weighted by atomic mass is 10.3. The highest BCUT2D eigenvalue weighted by Gasteiger charge is 2.06. The lowest BCUT2D eigenvalue weighted by Crippen LogP contribution is -2.28. The number of carbonyl (C=O) groups excluding carboxylic acids is 1. The molecule has 0 atom stereocenters. The molecule has 0 aliphatic heterocycles. The number of carbonyl (C=O) groups is 2. The maximum absolute atomic E-state index is 11.0. The summed E-state index contributed by atoms with van der Waals surface area (Å²) in [6.45, 7) is -0.385. The Morgan fingerprint density at radius 3 is 2.83 bits per heavy atom. The minimum Gasteiger partial charge on any atom is -0.480 e. The molecule has 1 rings (SSSR count). The molecule has 12 heavy (non-hydrogen) atoms. The van der Waals surface area contributed by atoms with Gasteiger partial charge in [-0.05, 0) is 6.07 Å². The Morgan fingerprint density at radius 2 is 2.33 bits per heavy atom. The van der Waals surface area contributed by atoms with Crippen LogP contribution in [0.2, 0.25) is 0 Å². The Bertz CT molecular complexity index is 278. The maximum Gasteiger partial charge on any atom is 0.322 e. The van der Waals surface area contributed by atoms with E-state index in [-0.39, 0.29) is 6.54 Å². The van der Waals surface area contributed by atoms with Gasteiger partial charge in [-0.25, -0.2) is 0 Å². The Kier molecular flexibility index (Phi) is 2.47. The Labute approximate surface area is 68.0 Å². The zero-order valence-corrected chi connectivity index (χ0v) is 6.11. The number of furan rings is 1. The van der Waals surface area contributed by atoms with Crippen LogP contribution in [0, 0.1) is 0 Å². The van der Waals surface area contributed by atoms with Crippen molar-refractivity contribution in [3.8, 4) is 0 Å². The number of rotatable bonds is 3. The number of hydrogen-bond donors (Lipinski definition) is 2. The van der Waals surface area contributed by atoms with Gasteiger partial charge in [0.15, 0.2) is 0 Å². The number of hydrogen-bond acceptors (Lipinski definition) is 3. The van der Waals surface area contributed by atoms with Crippen molar-refractivity contribution in [2.75, 3.05) is 6.54 Å². The van der Waals surface area contributed by atoms with E-state index in [1.54, 1.807) is 0 Å². The van der Waals surface area contributed by atoms with E-state index in [0.29, 0.717) is 5.56 Å². The first-order chi connectivity index (χ1) is 5.70. The first-order valence-corrected chi connectivity index (χ1v) is 3.22. The van der Waals surface area contributed by atoms with Crippen LogP contribution in [-0.2, 0) is 4.79 Å². The third-order valence-electron chi connectivity index (χ3n) is 1.18. The van der Waals surface area contributed by atoms with Gasteiger partial charge in [-0.2, -0.15) is 0 Å². The van der Waals surface area contributed by atoms with Gasteiger partial charge in [-0.1, -0.05) is 0 Å². The van der Waals surface area contributed by atoms with Gasteiger partial charge < -0.3 is 14.8 Å². The molecule has 0 fully saturated rings. The summed E-state index contributed by atoms with van der Waals surface area (Å²) >= 11 is 0. The van der Waals surface area contributed by atoms with Crippen molar-refractivity contribution in [2.24, 2.45) is 0 Å². The van der Waals surface area contributed by atoms with Gasteiger partial charge in [0.25, 0.3) is 5.91 Å². The van der Waals surface area contributed by atoms with Crippen LogP contribution in [0.25, 0.3) is 0 Å². The van der Waals surface area contributed by atoms with Crippen LogP contribution in [0.1, 0.15) is 10.4 Å². The van der Waals surface area contributed by atoms with Gasteiger partial charge in [-0.3, -0.25) is 9.59 Å². The largest absolute Gasteiger partial charge is 0.480 e. The lowest BCUT2D eigenvalue weighted by molar-refractivity contribution is -0.135. The quantitative estimate of drug-likeness (QED) is 0.672. The summed E-state index contributed by atoms with van der Waals surface area (Å²) in [5, 5.41) is 10.4. The Hall–Kier alpha value is -1.78. The topological polar surface area (TPSA) is 79.5 Å². The molecule has 0 saturated carbocycles. The number of carboxylic acid groups (broad SMARTS) is 1. The van der Waals surface area contributed by atoms with E-state index in [0.717, 1.165) is 0 Å². The summed E-state index contributed by atoms with van der Waals surface area (Å²) in [6.07, 6.45) is 2.59. The summed E-state index contributed by atoms with van der Waals surface area (Å²) in [5.41, 5.74) is 0.316. The van der Waals surface area contributed by atoms with Crippen molar-refractivity contribution >= 4 is 11.9 Å². The molecule has 1 aromatic rings. The van der Waals surface area contributed by atoms with Crippen molar-refractivity contribution in [3.05, 3.63) is 24.2 Å². The second-order valence-electron chi connectivity index (χ2n) is 2.09. The Morgan fingerprint density at radius 1 is 1.58 bits per heavy atom. The average molecular weight is 169 g/mol. The number of amides is 1. The first-order valence-electron chi connectivity index (χ1n) is 3.22. The average Bonchev–Trinajstić information content (AvgIpc) is 2.51. The summed E-state index contributed by atoms with van der Waals surface area (Å²) in [6, 6.07) is 1.46. The van der Waals surface area contributed by atoms with E-state index in [2.05, 4.69) is 9.73 Å². The van der Waals surface area contributed by atoms with Gasteiger partial charge in [0.05, 0.1) is 11.8 Å². The van der Waals surface area contributed by atoms with E-state index < -0.39 is 11.9 Å². The summed E-state index contributed by atoms with van der Waals surface area (Å²) in [7, 11) is 0. The molecule has 0 aromatic carbocycles. The van der Waals surface area contributed by atoms with Crippen LogP contribution in [0.15, 0.2) is 23.0 Å². The van der Waals surface area contributed by atoms with Crippen LogP contribution < -0.4 is 5.32 Å². The molecule has 0 spiro atoms. The first kappa shape index (κ1) is 8.32. The van der Waals surface area contributed by atoms with Gasteiger partial charge in [-0.15, -0.1) is 0 Å². The monoisotopic (exact) mass is 169 g/mol. The fraction of sp³-hybridized carbons (Fsp3) is 0.143. The Balaban J connectivity index is 2.45. The molecule has 5 nitrogen and oxygen atoms in total.